The summed E-state index contributed by atoms with van der Waals surface area (Å²) in [6.07, 6.45) is 0. The second-order valence-corrected chi connectivity index (χ2v) is 12.0. The third-order valence-electron chi connectivity index (χ3n) is 7.50. The molecular formula is C31H34ClN3O2S+2. The Balaban J connectivity index is 1.33. The van der Waals surface area contributed by atoms with E-state index in [9.17, 15) is 8.42 Å². The lowest BCUT2D eigenvalue weighted by molar-refractivity contribution is -1.04. The molecule has 0 aliphatic carbocycles. The van der Waals surface area contributed by atoms with E-state index in [-0.39, 0.29) is 17.0 Å². The van der Waals surface area contributed by atoms with E-state index in [2.05, 4.69) is 77.5 Å². The van der Waals surface area contributed by atoms with E-state index in [0.717, 1.165) is 31.7 Å². The molecule has 1 heterocycles. The number of benzene rings is 4. The van der Waals surface area contributed by atoms with E-state index in [4.69, 9.17) is 11.6 Å². The maximum atomic E-state index is 13.0. The topological polar surface area (TPSA) is 55.0 Å². The summed E-state index contributed by atoms with van der Waals surface area (Å²) in [4.78, 5) is 3.17. The first-order valence-electron chi connectivity index (χ1n) is 13.1. The molecule has 0 spiro atoms. The van der Waals surface area contributed by atoms with E-state index < -0.39 is 10.0 Å². The Labute approximate surface area is 230 Å². The molecule has 0 aromatic heterocycles. The van der Waals surface area contributed by atoms with Gasteiger partial charge >= 0.3 is 0 Å². The van der Waals surface area contributed by atoms with Crippen molar-refractivity contribution in [2.75, 3.05) is 32.7 Å². The number of quaternary nitrogens is 2. The van der Waals surface area contributed by atoms with Crippen molar-refractivity contribution in [2.45, 2.75) is 17.0 Å². The molecule has 4 aromatic carbocycles. The number of rotatable bonds is 9. The molecule has 0 radical (unpaired) electrons. The largest absolute Gasteiger partial charge is 0.318 e. The number of hydrogen-bond acceptors (Lipinski definition) is 2. The molecule has 1 saturated heterocycles. The van der Waals surface area contributed by atoms with Crippen molar-refractivity contribution in [3.05, 3.63) is 137 Å². The van der Waals surface area contributed by atoms with Gasteiger partial charge in [0, 0.05) is 21.7 Å². The molecule has 5 nitrogen and oxygen atoms in total. The molecule has 4 aromatic rings. The average Bonchev–Trinajstić information content (AvgIpc) is 2.96. The number of halogens is 1. The average molecular weight is 548 g/mol. The number of hydrogen-bond donors (Lipinski definition) is 3. The molecular weight excluding hydrogens is 514 g/mol. The van der Waals surface area contributed by atoms with Crippen LogP contribution in [-0.4, -0.2) is 41.1 Å². The van der Waals surface area contributed by atoms with Gasteiger partial charge in [0.1, 0.15) is 38.3 Å². The van der Waals surface area contributed by atoms with Crippen LogP contribution in [0, 0.1) is 0 Å². The van der Waals surface area contributed by atoms with E-state index in [1.54, 1.807) is 29.2 Å². The molecule has 3 N–H and O–H groups in total. The van der Waals surface area contributed by atoms with Crippen LogP contribution in [0.4, 0.5) is 0 Å². The molecule has 1 atom stereocenters. The van der Waals surface area contributed by atoms with Crippen molar-refractivity contribution in [3.8, 4) is 0 Å². The van der Waals surface area contributed by atoms with Gasteiger partial charge in [-0.1, -0.05) is 103 Å². The van der Waals surface area contributed by atoms with Gasteiger partial charge in [-0.2, -0.15) is 0 Å². The zero-order valence-electron chi connectivity index (χ0n) is 21.3. The quantitative estimate of drug-likeness (QED) is 0.302. The van der Waals surface area contributed by atoms with Gasteiger partial charge in [0.2, 0.25) is 10.0 Å². The van der Waals surface area contributed by atoms with Crippen LogP contribution in [0.1, 0.15) is 28.8 Å². The lowest BCUT2D eigenvalue weighted by atomic mass is 9.96. The summed E-state index contributed by atoms with van der Waals surface area (Å²) >= 11 is 5.96. The zero-order chi connectivity index (χ0) is 26.4. The van der Waals surface area contributed by atoms with Crippen molar-refractivity contribution >= 4 is 21.6 Å². The zero-order valence-corrected chi connectivity index (χ0v) is 22.8. The Hall–Kier alpha value is -3.00. The van der Waals surface area contributed by atoms with E-state index in [1.807, 2.05) is 18.2 Å². The summed E-state index contributed by atoms with van der Waals surface area (Å²) in [5.74, 6) is 0. The van der Waals surface area contributed by atoms with Gasteiger partial charge in [-0.25, -0.2) is 13.1 Å². The molecule has 1 aliphatic rings. The number of sulfonamides is 1. The summed E-state index contributed by atoms with van der Waals surface area (Å²) < 4.78 is 29.0. The van der Waals surface area contributed by atoms with Gasteiger partial charge < -0.3 is 9.80 Å². The minimum atomic E-state index is -3.64. The first-order chi connectivity index (χ1) is 18.5. The van der Waals surface area contributed by atoms with Crippen LogP contribution in [0.3, 0.4) is 0 Å². The highest BCUT2D eigenvalue weighted by Gasteiger charge is 2.35. The standard InChI is InChI=1S/C31H32ClN3O2S/c32-28-16-18-29(19-17-28)38(36,37)33-24-30(25-10-4-1-5-11-25)34-20-22-35(23-21-34)31(26-12-6-2-7-13-26)27-14-8-3-9-15-27/h1-19,30-31,33H,20-24H2/p+2/t30-/m0/s1. The van der Waals surface area contributed by atoms with Crippen LogP contribution in [0.15, 0.2) is 120 Å². The highest BCUT2D eigenvalue weighted by atomic mass is 35.5. The maximum absolute atomic E-state index is 13.0. The minimum Gasteiger partial charge on any atom is -0.318 e. The van der Waals surface area contributed by atoms with Crippen LogP contribution in [-0.2, 0) is 10.0 Å². The summed E-state index contributed by atoms with van der Waals surface area (Å²) in [6, 6.07) is 38.3. The monoisotopic (exact) mass is 547 g/mol. The summed E-state index contributed by atoms with van der Waals surface area (Å²) in [5.41, 5.74) is 3.80. The normalized spacial score (nSPS) is 18.8. The lowest BCUT2D eigenvalue weighted by Crippen LogP contribution is -3.28. The van der Waals surface area contributed by atoms with Crippen LogP contribution in [0.2, 0.25) is 5.02 Å². The molecule has 1 aliphatic heterocycles. The van der Waals surface area contributed by atoms with Crippen molar-refractivity contribution in [3.63, 3.8) is 0 Å². The van der Waals surface area contributed by atoms with E-state index in [0.29, 0.717) is 11.6 Å². The Bertz CT molecular complexity index is 1350. The minimum absolute atomic E-state index is 0.0201. The Morgan fingerprint density at radius 2 is 1.08 bits per heavy atom. The van der Waals surface area contributed by atoms with Crippen molar-refractivity contribution < 1.29 is 18.2 Å². The third kappa shape index (κ3) is 6.34. The Morgan fingerprint density at radius 3 is 1.58 bits per heavy atom. The molecule has 0 saturated carbocycles. The van der Waals surface area contributed by atoms with Gasteiger partial charge in [0.05, 0.1) is 11.4 Å². The fraction of sp³-hybridized carbons (Fsp3) is 0.226. The highest BCUT2D eigenvalue weighted by molar-refractivity contribution is 7.89. The molecule has 1 fully saturated rings. The van der Waals surface area contributed by atoms with E-state index in [1.165, 1.54) is 16.0 Å². The van der Waals surface area contributed by atoms with Gasteiger partial charge in [-0.15, -0.1) is 0 Å². The van der Waals surface area contributed by atoms with Gasteiger partial charge in [0.25, 0.3) is 0 Å². The smallest absolute Gasteiger partial charge is 0.240 e. The fourth-order valence-corrected chi connectivity index (χ4v) is 6.73. The molecule has 5 rings (SSSR count). The molecule has 0 amide bonds. The van der Waals surface area contributed by atoms with Gasteiger partial charge in [0.15, 0.2) is 0 Å². The number of piperazine rings is 1. The maximum Gasteiger partial charge on any atom is 0.240 e. The summed E-state index contributed by atoms with van der Waals surface area (Å²) in [6.45, 7) is 4.23. The summed E-state index contributed by atoms with van der Waals surface area (Å²) in [7, 11) is -3.64. The first kappa shape index (κ1) is 26.6. The second-order valence-electron chi connectivity index (χ2n) is 9.84. The van der Waals surface area contributed by atoms with Gasteiger partial charge in [-0.3, -0.25) is 0 Å². The highest BCUT2D eigenvalue weighted by Crippen LogP contribution is 2.19. The van der Waals surface area contributed by atoms with Crippen LogP contribution >= 0.6 is 11.6 Å². The Kier molecular flexibility index (Phi) is 8.57. The van der Waals surface area contributed by atoms with Crippen molar-refractivity contribution in [2.24, 2.45) is 0 Å². The van der Waals surface area contributed by atoms with E-state index >= 15 is 0 Å². The SMILES string of the molecule is O=S(=O)(NC[C@@H](c1ccccc1)[NH+]1CC[NH+](C(c2ccccc2)c2ccccc2)CC1)c1ccc(Cl)cc1. The van der Waals surface area contributed by atoms with Crippen molar-refractivity contribution in [1.29, 1.82) is 0 Å². The number of nitrogens with one attached hydrogen (secondary N) is 3. The molecule has 38 heavy (non-hydrogen) atoms. The van der Waals surface area contributed by atoms with Gasteiger partial charge in [-0.05, 0) is 24.3 Å². The predicted octanol–water partition coefficient (Wildman–Crippen LogP) is 2.93. The van der Waals surface area contributed by atoms with Crippen LogP contribution in [0.25, 0.3) is 0 Å². The van der Waals surface area contributed by atoms with Crippen LogP contribution < -0.4 is 14.5 Å². The fourth-order valence-electron chi connectivity index (χ4n) is 5.56. The molecule has 0 unspecified atom stereocenters. The lowest BCUT2D eigenvalue weighted by Gasteiger charge is -2.38. The Morgan fingerprint density at radius 1 is 0.632 bits per heavy atom. The molecule has 7 heteroatoms. The third-order valence-corrected chi connectivity index (χ3v) is 9.20. The molecule has 196 valence electrons. The first-order valence-corrected chi connectivity index (χ1v) is 15.0. The second kappa shape index (κ2) is 12.2. The molecule has 0 bridgehead atoms. The predicted molar refractivity (Wildman–Crippen MR) is 152 cm³/mol. The summed E-state index contributed by atoms with van der Waals surface area (Å²) in [5, 5.41) is 0.514. The van der Waals surface area contributed by atoms with Crippen molar-refractivity contribution in [1.82, 2.24) is 4.72 Å². The van der Waals surface area contributed by atoms with Crippen LogP contribution in [0.5, 0.6) is 0 Å².